The van der Waals surface area contributed by atoms with Gasteiger partial charge in [-0.3, -0.25) is 4.79 Å². The van der Waals surface area contributed by atoms with Crippen molar-refractivity contribution in [3.05, 3.63) is 107 Å². The maximum absolute atomic E-state index is 12.5. The summed E-state index contributed by atoms with van der Waals surface area (Å²) in [4.78, 5) is 17.3. The molecule has 5 aromatic rings. The van der Waals surface area contributed by atoms with Gasteiger partial charge in [-0.15, -0.1) is 11.3 Å². The van der Waals surface area contributed by atoms with Crippen molar-refractivity contribution in [2.75, 3.05) is 0 Å². The first-order valence-electron chi connectivity index (χ1n) is 10.6. The predicted molar refractivity (Wildman–Crippen MR) is 131 cm³/mol. The van der Waals surface area contributed by atoms with E-state index in [-0.39, 0.29) is 11.6 Å². The quantitative estimate of drug-likeness (QED) is 0.326. The molecule has 6 heteroatoms. The van der Waals surface area contributed by atoms with Crippen LogP contribution in [-0.2, 0) is 6.54 Å². The number of hydrogen-bond acceptors (Lipinski definition) is 5. The summed E-state index contributed by atoms with van der Waals surface area (Å²) >= 11 is 1.63. The van der Waals surface area contributed by atoms with Crippen LogP contribution in [0.4, 0.5) is 0 Å². The van der Waals surface area contributed by atoms with E-state index >= 15 is 0 Å². The lowest BCUT2D eigenvalue weighted by Gasteiger charge is -2.04. The molecular formula is C27H21N3O2S. The van der Waals surface area contributed by atoms with Gasteiger partial charge in [-0.05, 0) is 12.5 Å². The smallest absolute Gasteiger partial charge is 0.273 e. The molecule has 0 aliphatic carbocycles. The molecule has 0 saturated heterocycles. The van der Waals surface area contributed by atoms with Crippen LogP contribution in [0, 0.1) is 6.92 Å². The van der Waals surface area contributed by atoms with E-state index in [0.29, 0.717) is 12.3 Å². The van der Waals surface area contributed by atoms with Gasteiger partial charge in [-0.25, -0.2) is 4.98 Å². The summed E-state index contributed by atoms with van der Waals surface area (Å²) < 4.78 is 5.35. The molecule has 1 amide bonds. The number of aryl methyl sites for hydroxylation is 1. The van der Waals surface area contributed by atoms with Crippen molar-refractivity contribution in [1.82, 2.24) is 15.5 Å². The highest BCUT2D eigenvalue weighted by atomic mass is 32.1. The molecule has 5 nitrogen and oxygen atoms in total. The average molecular weight is 452 g/mol. The van der Waals surface area contributed by atoms with Gasteiger partial charge in [-0.2, -0.15) is 0 Å². The molecule has 0 unspecified atom stereocenters. The summed E-state index contributed by atoms with van der Waals surface area (Å²) in [5, 5.41) is 9.88. The van der Waals surface area contributed by atoms with Gasteiger partial charge in [0.1, 0.15) is 5.01 Å². The molecular weight excluding hydrogens is 430 g/mol. The van der Waals surface area contributed by atoms with Crippen LogP contribution >= 0.6 is 11.3 Å². The summed E-state index contributed by atoms with van der Waals surface area (Å²) in [5.41, 5.74) is 6.41. The van der Waals surface area contributed by atoms with E-state index in [1.54, 1.807) is 17.4 Å². The molecule has 0 aliphatic heterocycles. The van der Waals surface area contributed by atoms with Gasteiger partial charge >= 0.3 is 0 Å². The molecule has 0 aliphatic rings. The Hall–Kier alpha value is -4.03. The molecule has 0 saturated carbocycles. The number of carbonyl (C=O) groups excluding carboxylic acids is 1. The maximum atomic E-state index is 12.5. The Morgan fingerprint density at radius 2 is 1.64 bits per heavy atom. The first kappa shape index (κ1) is 20.8. The zero-order valence-electron chi connectivity index (χ0n) is 18.0. The van der Waals surface area contributed by atoms with Gasteiger partial charge in [0.25, 0.3) is 5.91 Å². The molecule has 1 N–H and O–H groups in total. The van der Waals surface area contributed by atoms with Crippen LogP contribution in [0.25, 0.3) is 33.2 Å². The van der Waals surface area contributed by atoms with Crippen molar-refractivity contribution < 1.29 is 9.32 Å². The SMILES string of the molecule is Cc1ccc(-c2cc(C(=O)NCc3ccc(-c4csc(-c5ccccc5)n4)cc3)no2)cc1. The van der Waals surface area contributed by atoms with E-state index in [4.69, 9.17) is 9.51 Å². The molecule has 0 spiro atoms. The molecule has 0 radical (unpaired) electrons. The lowest BCUT2D eigenvalue weighted by Crippen LogP contribution is -2.22. The Morgan fingerprint density at radius 1 is 0.909 bits per heavy atom. The summed E-state index contributed by atoms with van der Waals surface area (Å²) in [7, 11) is 0. The first-order valence-corrected chi connectivity index (χ1v) is 11.5. The number of nitrogens with one attached hydrogen (secondary N) is 1. The van der Waals surface area contributed by atoms with Gasteiger partial charge in [-0.1, -0.05) is 89.6 Å². The van der Waals surface area contributed by atoms with Crippen molar-refractivity contribution in [2.24, 2.45) is 0 Å². The minimum absolute atomic E-state index is 0.262. The number of rotatable bonds is 6. The van der Waals surface area contributed by atoms with Gasteiger partial charge in [0.2, 0.25) is 0 Å². The highest BCUT2D eigenvalue weighted by Crippen LogP contribution is 2.29. The fourth-order valence-electron chi connectivity index (χ4n) is 3.42. The first-order chi connectivity index (χ1) is 16.2. The Labute approximate surface area is 195 Å². The molecule has 0 atom stereocenters. The predicted octanol–water partition coefficient (Wildman–Crippen LogP) is 6.37. The maximum Gasteiger partial charge on any atom is 0.273 e. The number of aromatic nitrogens is 2. The van der Waals surface area contributed by atoms with Crippen LogP contribution in [-0.4, -0.2) is 16.0 Å². The van der Waals surface area contributed by atoms with Crippen LogP contribution in [0.2, 0.25) is 0 Å². The van der Waals surface area contributed by atoms with Crippen molar-refractivity contribution >= 4 is 17.2 Å². The van der Waals surface area contributed by atoms with Crippen LogP contribution in [0.5, 0.6) is 0 Å². The van der Waals surface area contributed by atoms with Crippen LogP contribution in [0.3, 0.4) is 0 Å². The summed E-state index contributed by atoms with van der Waals surface area (Å²) in [6.45, 7) is 2.42. The van der Waals surface area contributed by atoms with Crippen LogP contribution in [0.1, 0.15) is 21.6 Å². The fourth-order valence-corrected chi connectivity index (χ4v) is 4.26. The lowest BCUT2D eigenvalue weighted by atomic mass is 10.1. The Kier molecular flexibility index (Phi) is 5.83. The van der Waals surface area contributed by atoms with Crippen molar-refractivity contribution in [3.63, 3.8) is 0 Å². The van der Waals surface area contributed by atoms with Gasteiger partial charge in [0.15, 0.2) is 11.5 Å². The molecule has 0 bridgehead atoms. The van der Waals surface area contributed by atoms with E-state index in [1.165, 1.54) is 0 Å². The van der Waals surface area contributed by atoms with E-state index in [9.17, 15) is 4.79 Å². The highest BCUT2D eigenvalue weighted by Gasteiger charge is 2.14. The van der Waals surface area contributed by atoms with E-state index in [0.717, 1.165) is 38.5 Å². The molecule has 3 aromatic carbocycles. The van der Waals surface area contributed by atoms with Crippen LogP contribution in [0.15, 0.2) is 94.8 Å². The number of benzene rings is 3. The zero-order chi connectivity index (χ0) is 22.6. The third-order valence-corrected chi connectivity index (χ3v) is 6.20. The minimum atomic E-state index is -0.270. The lowest BCUT2D eigenvalue weighted by molar-refractivity contribution is 0.0942. The Balaban J connectivity index is 1.21. The summed E-state index contributed by atoms with van der Waals surface area (Å²) in [6, 6.07) is 27.8. The van der Waals surface area contributed by atoms with E-state index < -0.39 is 0 Å². The summed E-state index contributed by atoms with van der Waals surface area (Å²) in [6.07, 6.45) is 0. The number of carbonyl (C=O) groups is 1. The van der Waals surface area contributed by atoms with Gasteiger partial charge < -0.3 is 9.84 Å². The molecule has 2 aromatic heterocycles. The van der Waals surface area contributed by atoms with Gasteiger partial charge in [0.05, 0.1) is 5.69 Å². The van der Waals surface area contributed by atoms with Crippen molar-refractivity contribution in [1.29, 1.82) is 0 Å². The molecule has 33 heavy (non-hydrogen) atoms. The minimum Gasteiger partial charge on any atom is -0.355 e. The topological polar surface area (TPSA) is 68.0 Å². The highest BCUT2D eigenvalue weighted by molar-refractivity contribution is 7.13. The molecule has 2 heterocycles. The third-order valence-electron chi connectivity index (χ3n) is 5.31. The largest absolute Gasteiger partial charge is 0.355 e. The number of nitrogens with zero attached hydrogens (tertiary/aromatic N) is 2. The molecule has 5 rings (SSSR count). The number of amides is 1. The number of hydrogen-bond donors (Lipinski definition) is 1. The number of thiazole rings is 1. The van der Waals surface area contributed by atoms with E-state index in [1.807, 2.05) is 73.7 Å². The average Bonchev–Trinajstić information content (AvgIpc) is 3.55. The van der Waals surface area contributed by atoms with Crippen LogP contribution < -0.4 is 5.32 Å². The Morgan fingerprint density at radius 3 is 2.39 bits per heavy atom. The van der Waals surface area contributed by atoms with Gasteiger partial charge in [0, 0.05) is 34.7 Å². The second-order valence-electron chi connectivity index (χ2n) is 7.73. The second-order valence-corrected chi connectivity index (χ2v) is 8.58. The van der Waals surface area contributed by atoms with Crippen molar-refractivity contribution in [2.45, 2.75) is 13.5 Å². The monoisotopic (exact) mass is 451 g/mol. The van der Waals surface area contributed by atoms with E-state index in [2.05, 4.69) is 28.0 Å². The molecule has 162 valence electrons. The summed E-state index contributed by atoms with van der Waals surface area (Å²) in [5.74, 6) is 0.302. The van der Waals surface area contributed by atoms with Crippen molar-refractivity contribution in [3.8, 4) is 33.2 Å². The Bertz CT molecular complexity index is 1370. The normalized spacial score (nSPS) is 10.8. The zero-order valence-corrected chi connectivity index (χ0v) is 18.8. The third kappa shape index (κ3) is 4.76. The molecule has 0 fully saturated rings. The standard InChI is InChI=1S/C27H21N3O2S/c1-18-7-11-21(12-8-18)25-15-23(30-32-25)26(31)28-16-19-9-13-20(14-10-19)24-17-33-27(29-24)22-5-3-2-4-6-22/h2-15,17H,16H2,1H3,(H,28,31). The second kappa shape index (κ2) is 9.22. The fraction of sp³-hybridized carbons (Fsp3) is 0.0741.